The number of nitrogens with zero attached hydrogens (tertiary/aromatic N) is 6. The second-order valence-corrected chi connectivity index (χ2v) is 7.14. The molecule has 8 nitrogen and oxygen atoms in total. The van der Waals surface area contributed by atoms with Gasteiger partial charge in [-0.3, -0.25) is 4.90 Å². The average molecular weight is 358 g/mol. The highest BCUT2D eigenvalue weighted by molar-refractivity contribution is 5.36. The molecule has 140 valence electrons. The molecule has 4 heterocycles. The molecule has 0 unspecified atom stereocenters. The second kappa shape index (κ2) is 8.09. The Hall–Kier alpha value is -2.06. The Morgan fingerprint density at radius 2 is 2.00 bits per heavy atom. The Morgan fingerprint density at radius 1 is 1.19 bits per heavy atom. The molecule has 2 aliphatic rings. The van der Waals surface area contributed by atoms with E-state index in [1.165, 1.54) is 0 Å². The molecule has 0 N–H and O–H groups in total. The Labute approximate surface area is 153 Å². The lowest BCUT2D eigenvalue weighted by Crippen LogP contribution is -2.43. The van der Waals surface area contributed by atoms with Crippen LogP contribution in [0.5, 0.6) is 0 Å². The van der Waals surface area contributed by atoms with Gasteiger partial charge in [-0.1, -0.05) is 5.16 Å². The molecule has 2 aliphatic heterocycles. The van der Waals surface area contributed by atoms with Crippen molar-refractivity contribution in [1.82, 2.24) is 25.2 Å². The molecule has 0 atom stereocenters. The molecule has 0 radical (unpaired) electrons. The molecule has 26 heavy (non-hydrogen) atoms. The van der Waals surface area contributed by atoms with Crippen LogP contribution in [0.1, 0.15) is 43.3 Å². The van der Waals surface area contributed by atoms with Crippen LogP contribution in [-0.4, -0.2) is 64.6 Å². The van der Waals surface area contributed by atoms with Gasteiger partial charge < -0.3 is 14.2 Å². The molecule has 2 saturated heterocycles. The van der Waals surface area contributed by atoms with Gasteiger partial charge in [-0.05, 0) is 37.8 Å². The first kappa shape index (κ1) is 17.4. The summed E-state index contributed by atoms with van der Waals surface area (Å²) in [5.74, 6) is 2.87. The maximum absolute atomic E-state index is 5.50. The second-order valence-electron chi connectivity index (χ2n) is 7.14. The van der Waals surface area contributed by atoms with Gasteiger partial charge in [0.25, 0.3) is 0 Å². The fourth-order valence-corrected chi connectivity index (χ4v) is 3.78. The van der Waals surface area contributed by atoms with E-state index in [0.717, 1.165) is 76.1 Å². The molecule has 2 aromatic rings. The van der Waals surface area contributed by atoms with Crippen molar-refractivity contribution in [3.8, 4) is 0 Å². The Balaban J connectivity index is 1.28. The highest BCUT2D eigenvalue weighted by Gasteiger charge is 2.26. The van der Waals surface area contributed by atoms with Crippen LogP contribution >= 0.6 is 0 Å². The number of ether oxygens (including phenoxy) is 1. The van der Waals surface area contributed by atoms with Crippen LogP contribution in [0.25, 0.3) is 0 Å². The standard InChI is InChI=1S/C18H26N6O2/c1-23(17-3-2-8-19-21-17)15-4-9-24(10-5-15)13-16-20-18(26-22-16)14-6-11-25-12-7-14/h2-3,8,14-15H,4-7,9-13H2,1H3. The largest absolute Gasteiger partial charge is 0.381 e. The molecular weight excluding hydrogens is 332 g/mol. The first-order chi connectivity index (χ1) is 12.8. The lowest BCUT2D eigenvalue weighted by atomic mass is 10.0. The van der Waals surface area contributed by atoms with Gasteiger partial charge in [0, 0.05) is 51.5 Å². The fraction of sp³-hybridized carbons (Fsp3) is 0.667. The van der Waals surface area contributed by atoms with Crippen molar-refractivity contribution in [2.24, 2.45) is 0 Å². The Bertz CT molecular complexity index is 680. The Kier molecular flexibility index (Phi) is 5.40. The van der Waals surface area contributed by atoms with Crippen LogP contribution in [0.4, 0.5) is 5.82 Å². The van der Waals surface area contributed by atoms with E-state index in [9.17, 15) is 0 Å². The van der Waals surface area contributed by atoms with Crippen molar-refractivity contribution in [2.75, 3.05) is 38.3 Å². The summed E-state index contributed by atoms with van der Waals surface area (Å²) in [4.78, 5) is 9.27. The van der Waals surface area contributed by atoms with Crippen molar-refractivity contribution >= 4 is 5.82 Å². The van der Waals surface area contributed by atoms with Crippen molar-refractivity contribution < 1.29 is 9.26 Å². The van der Waals surface area contributed by atoms with Crippen LogP contribution in [-0.2, 0) is 11.3 Å². The maximum atomic E-state index is 5.50. The molecule has 4 rings (SSSR count). The molecule has 0 aromatic carbocycles. The van der Waals surface area contributed by atoms with Gasteiger partial charge in [-0.2, -0.15) is 10.1 Å². The zero-order chi connectivity index (χ0) is 17.8. The van der Waals surface area contributed by atoms with E-state index in [1.54, 1.807) is 6.20 Å². The van der Waals surface area contributed by atoms with Crippen molar-refractivity contribution in [3.63, 3.8) is 0 Å². The maximum Gasteiger partial charge on any atom is 0.229 e. The van der Waals surface area contributed by atoms with E-state index >= 15 is 0 Å². The number of aromatic nitrogens is 4. The fourth-order valence-electron chi connectivity index (χ4n) is 3.78. The summed E-state index contributed by atoms with van der Waals surface area (Å²) < 4.78 is 10.9. The van der Waals surface area contributed by atoms with E-state index in [2.05, 4.69) is 37.2 Å². The molecule has 2 fully saturated rings. The van der Waals surface area contributed by atoms with Gasteiger partial charge in [-0.15, -0.1) is 5.10 Å². The predicted molar refractivity (Wildman–Crippen MR) is 95.8 cm³/mol. The summed E-state index contributed by atoms with van der Waals surface area (Å²) >= 11 is 0. The molecule has 0 amide bonds. The number of piperidine rings is 1. The van der Waals surface area contributed by atoms with Gasteiger partial charge >= 0.3 is 0 Å². The number of hydrogen-bond acceptors (Lipinski definition) is 8. The molecule has 2 aromatic heterocycles. The monoisotopic (exact) mass is 358 g/mol. The van der Waals surface area contributed by atoms with Crippen LogP contribution in [0.3, 0.4) is 0 Å². The number of likely N-dealkylation sites (tertiary alicyclic amines) is 1. The first-order valence-corrected chi connectivity index (χ1v) is 9.42. The predicted octanol–water partition coefficient (Wildman–Crippen LogP) is 1.85. The summed E-state index contributed by atoms with van der Waals surface area (Å²) in [6.45, 7) is 4.38. The minimum Gasteiger partial charge on any atom is -0.381 e. The summed E-state index contributed by atoms with van der Waals surface area (Å²) in [7, 11) is 2.10. The van der Waals surface area contributed by atoms with E-state index in [0.29, 0.717) is 12.0 Å². The summed E-state index contributed by atoms with van der Waals surface area (Å²) in [6.07, 6.45) is 5.85. The Morgan fingerprint density at radius 3 is 2.73 bits per heavy atom. The third kappa shape index (κ3) is 4.02. The lowest BCUT2D eigenvalue weighted by molar-refractivity contribution is 0.0778. The number of rotatable bonds is 5. The van der Waals surface area contributed by atoms with Crippen LogP contribution in [0.2, 0.25) is 0 Å². The molecule has 0 aliphatic carbocycles. The minimum atomic E-state index is 0.358. The molecule has 0 saturated carbocycles. The van der Waals surface area contributed by atoms with Gasteiger partial charge in [0.05, 0.1) is 6.54 Å². The van der Waals surface area contributed by atoms with E-state index in [-0.39, 0.29) is 0 Å². The third-order valence-electron chi connectivity index (χ3n) is 5.44. The first-order valence-electron chi connectivity index (χ1n) is 9.42. The minimum absolute atomic E-state index is 0.358. The van der Waals surface area contributed by atoms with Gasteiger partial charge in [0.15, 0.2) is 11.6 Å². The topological polar surface area (TPSA) is 80.4 Å². The van der Waals surface area contributed by atoms with E-state index < -0.39 is 0 Å². The van der Waals surface area contributed by atoms with E-state index in [1.807, 2.05) is 12.1 Å². The molecule has 8 heteroatoms. The highest BCUT2D eigenvalue weighted by atomic mass is 16.5. The molecule has 0 spiro atoms. The van der Waals surface area contributed by atoms with Gasteiger partial charge in [-0.25, -0.2) is 0 Å². The number of anilines is 1. The third-order valence-corrected chi connectivity index (χ3v) is 5.44. The van der Waals surface area contributed by atoms with Crippen LogP contribution < -0.4 is 4.90 Å². The highest BCUT2D eigenvalue weighted by Crippen LogP contribution is 2.26. The molecule has 0 bridgehead atoms. The quantitative estimate of drug-likeness (QED) is 0.801. The normalized spacial score (nSPS) is 20.3. The number of hydrogen-bond donors (Lipinski definition) is 0. The summed E-state index contributed by atoms with van der Waals surface area (Å²) in [5, 5.41) is 12.4. The molecular formula is C18H26N6O2. The van der Waals surface area contributed by atoms with Crippen molar-refractivity contribution in [3.05, 3.63) is 30.0 Å². The SMILES string of the molecule is CN(c1cccnn1)C1CCN(Cc2noc(C3CCOCC3)n2)CC1. The lowest BCUT2D eigenvalue weighted by Gasteiger charge is -2.36. The van der Waals surface area contributed by atoms with E-state index in [4.69, 9.17) is 9.26 Å². The average Bonchev–Trinajstić information content (AvgIpc) is 3.18. The van der Waals surface area contributed by atoms with Crippen LogP contribution in [0.15, 0.2) is 22.9 Å². The summed E-state index contributed by atoms with van der Waals surface area (Å²) in [6, 6.07) is 4.43. The van der Waals surface area contributed by atoms with Crippen molar-refractivity contribution in [1.29, 1.82) is 0 Å². The summed E-state index contributed by atoms with van der Waals surface area (Å²) in [5.41, 5.74) is 0. The van der Waals surface area contributed by atoms with Crippen molar-refractivity contribution in [2.45, 2.75) is 44.2 Å². The van der Waals surface area contributed by atoms with Gasteiger partial charge in [0.1, 0.15) is 0 Å². The smallest absolute Gasteiger partial charge is 0.229 e. The van der Waals surface area contributed by atoms with Gasteiger partial charge in [0.2, 0.25) is 5.89 Å². The van der Waals surface area contributed by atoms with Crippen LogP contribution in [0, 0.1) is 0 Å². The zero-order valence-electron chi connectivity index (χ0n) is 15.3. The zero-order valence-corrected chi connectivity index (χ0v) is 15.3.